The molecule has 3 rings (SSSR count). The number of nitrogens with one attached hydrogen (secondary N) is 4. The third kappa shape index (κ3) is 10.7. The van der Waals surface area contributed by atoms with E-state index in [9.17, 15) is 19.2 Å². The smallest absolute Gasteiger partial charge is 0.258 e. The Morgan fingerprint density at radius 3 is 2.02 bits per heavy atom. The number of amides is 4. The van der Waals surface area contributed by atoms with E-state index in [4.69, 9.17) is 21.9 Å². The minimum Gasteiger partial charge on any atom is -0.484 e. The standard InChI is InChI=1S/C31H43N7O5/c32-16-8-6-14-25(29(34)40)37-31(42)27(18-21-19-35-24-13-5-4-12-23(21)24)38-30(41)26(15-7-9-17-33)36-28(39)20-43-22-10-2-1-3-11-22/h1-5,10-13,19,25-27,35H,6-9,14-18,20,32-33H2,(H2,34,40)(H,36,39)(H,37,42)(H,38,41)/t25-,26-,27-/m0/s1. The first kappa shape index (κ1) is 33.1. The second-order valence-electron chi connectivity index (χ2n) is 10.4. The molecule has 3 aromatic rings. The maximum absolute atomic E-state index is 13.6. The van der Waals surface area contributed by atoms with Gasteiger partial charge < -0.3 is 42.9 Å². The molecule has 12 heteroatoms. The molecular formula is C31H43N7O5. The van der Waals surface area contributed by atoms with Crippen molar-refractivity contribution in [2.24, 2.45) is 17.2 Å². The summed E-state index contributed by atoms with van der Waals surface area (Å²) in [5.74, 6) is -1.73. The minimum absolute atomic E-state index is 0.135. The van der Waals surface area contributed by atoms with Gasteiger partial charge in [0.2, 0.25) is 17.7 Å². The number of fused-ring (bicyclic) bond motifs is 1. The van der Waals surface area contributed by atoms with Crippen LogP contribution in [0.25, 0.3) is 10.9 Å². The lowest BCUT2D eigenvalue weighted by atomic mass is 10.0. The number of unbranched alkanes of at least 4 members (excludes halogenated alkanes) is 2. The van der Waals surface area contributed by atoms with E-state index in [0.717, 1.165) is 16.5 Å². The van der Waals surface area contributed by atoms with Crippen LogP contribution in [0.4, 0.5) is 0 Å². The number of ether oxygens (including phenoxy) is 1. The van der Waals surface area contributed by atoms with Crippen LogP contribution in [0.15, 0.2) is 60.8 Å². The zero-order chi connectivity index (χ0) is 31.0. The Bertz CT molecular complexity index is 1330. The summed E-state index contributed by atoms with van der Waals surface area (Å²) in [6.07, 6.45) is 5.07. The molecule has 4 amide bonds. The lowest BCUT2D eigenvalue weighted by Crippen LogP contribution is -2.57. The molecule has 1 aromatic heterocycles. The number of nitrogens with two attached hydrogens (primary N) is 3. The number of carbonyl (C=O) groups is 4. The first-order valence-corrected chi connectivity index (χ1v) is 14.6. The number of rotatable bonds is 19. The molecule has 0 aliphatic heterocycles. The van der Waals surface area contributed by atoms with Crippen LogP contribution in [-0.4, -0.2) is 66.4 Å². The number of primary amides is 1. The second-order valence-corrected chi connectivity index (χ2v) is 10.4. The molecule has 0 aliphatic carbocycles. The highest BCUT2D eigenvalue weighted by Crippen LogP contribution is 2.19. The van der Waals surface area contributed by atoms with Gasteiger partial charge >= 0.3 is 0 Å². The summed E-state index contributed by atoms with van der Waals surface area (Å²) in [5, 5.41) is 9.15. The van der Waals surface area contributed by atoms with Crippen molar-refractivity contribution < 1.29 is 23.9 Å². The first-order valence-electron chi connectivity index (χ1n) is 14.6. The molecule has 0 radical (unpaired) electrons. The summed E-state index contributed by atoms with van der Waals surface area (Å²) in [7, 11) is 0. The molecule has 3 atom stereocenters. The van der Waals surface area contributed by atoms with E-state index >= 15 is 0 Å². The van der Waals surface area contributed by atoms with E-state index in [1.165, 1.54) is 0 Å². The Hall–Kier alpha value is -4.42. The molecule has 0 spiro atoms. The number of para-hydroxylation sites is 2. The number of benzene rings is 2. The number of carbonyl (C=O) groups excluding carboxylic acids is 4. The van der Waals surface area contributed by atoms with E-state index < -0.39 is 41.8 Å². The van der Waals surface area contributed by atoms with Crippen molar-refractivity contribution in [2.45, 2.75) is 63.1 Å². The van der Waals surface area contributed by atoms with Crippen molar-refractivity contribution >= 4 is 34.5 Å². The Kier molecular flexibility index (Phi) is 13.5. The number of aromatic amines is 1. The van der Waals surface area contributed by atoms with Crippen molar-refractivity contribution in [3.05, 3.63) is 66.4 Å². The number of hydrogen-bond donors (Lipinski definition) is 7. The molecule has 232 valence electrons. The van der Waals surface area contributed by atoms with Gasteiger partial charge in [-0.15, -0.1) is 0 Å². The van der Waals surface area contributed by atoms with Gasteiger partial charge in [0.15, 0.2) is 6.61 Å². The fourth-order valence-corrected chi connectivity index (χ4v) is 4.72. The Morgan fingerprint density at radius 2 is 1.35 bits per heavy atom. The fourth-order valence-electron chi connectivity index (χ4n) is 4.72. The second kappa shape index (κ2) is 17.5. The number of H-pyrrole nitrogens is 1. The first-order chi connectivity index (χ1) is 20.8. The zero-order valence-electron chi connectivity index (χ0n) is 24.3. The Balaban J connectivity index is 1.77. The summed E-state index contributed by atoms with van der Waals surface area (Å²) in [4.78, 5) is 55.2. The van der Waals surface area contributed by atoms with Gasteiger partial charge in [0, 0.05) is 23.5 Å². The highest BCUT2D eigenvalue weighted by Gasteiger charge is 2.30. The van der Waals surface area contributed by atoms with Crippen molar-refractivity contribution in [2.75, 3.05) is 19.7 Å². The molecule has 43 heavy (non-hydrogen) atoms. The maximum Gasteiger partial charge on any atom is 0.258 e. The predicted molar refractivity (Wildman–Crippen MR) is 165 cm³/mol. The van der Waals surface area contributed by atoms with Crippen LogP contribution in [0.5, 0.6) is 5.75 Å². The molecule has 0 fully saturated rings. The van der Waals surface area contributed by atoms with Crippen molar-refractivity contribution in [3.8, 4) is 5.75 Å². The predicted octanol–water partition coefficient (Wildman–Crippen LogP) is 0.987. The average molecular weight is 594 g/mol. The summed E-state index contributed by atoms with van der Waals surface area (Å²) in [5.41, 5.74) is 18.5. The van der Waals surface area contributed by atoms with Crippen molar-refractivity contribution in [1.82, 2.24) is 20.9 Å². The monoisotopic (exact) mass is 593 g/mol. The van der Waals surface area contributed by atoms with Crippen LogP contribution in [0, 0.1) is 0 Å². The van der Waals surface area contributed by atoms with Crippen LogP contribution >= 0.6 is 0 Å². The Morgan fingerprint density at radius 1 is 0.744 bits per heavy atom. The summed E-state index contributed by atoms with van der Waals surface area (Å²) < 4.78 is 5.53. The number of aromatic nitrogens is 1. The van der Waals surface area contributed by atoms with Crippen molar-refractivity contribution in [3.63, 3.8) is 0 Å². The van der Waals surface area contributed by atoms with Crippen LogP contribution in [0.3, 0.4) is 0 Å². The molecule has 0 unspecified atom stereocenters. The molecule has 0 saturated heterocycles. The average Bonchev–Trinajstić information content (AvgIpc) is 3.41. The third-order valence-electron chi connectivity index (χ3n) is 7.05. The SMILES string of the molecule is NCCCC[C@H](NC(=O)[C@H](Cc1c[nH]c2ccccc12)NC(=O)[C@H](CCCCN)NC(=O)COc1ccccc1)C(N)=O. The zero-order valence-corrected chi connectivity index (χ0v) is 24.3. The quantitative estimate of drug-likeness (QED) is 0.100. The van der Waals surface area contributed by atoms with E-state index in [-0.39, 0.29) is 13.0 Å². The van der Waals surface area contributed by atoms with Crippen molar-refractivity contribution in [1.29, 1.82) is 0 Å². The summed E-state index contributed by atoms with van der Waals surface area (Å²) >= 11 is 0. The minimum atomic E-state index is -1.06. The summed E-state index contributed by atoms with van der Waals surface area (Å²) in [6.45, 7) is 0.600. The maximum atomic E-state index is 13.6. The van der Waals surface area contributed by atoms with Crippen LogP contribution in [0.2, 0.25) is 0 Å². The normalized spacial score (nSPS) is 13.1. The molecule has 0 aliphatic rings. The van der Waals surface area contributed by atoms with Gasteiger partial charge in [-0.05, 0) is 75.4 Å². The lowest BCUT2D eigenvalue weighted by molar-refractivity contribution is -0.133. The number of hydrogen-bond acceptors (Lipinski definition) is 7. The fraction of sp³-hybridized carbons (Fsp3) is 0.419. The van der Waals surface area contributed by atoms with Gasteiger partial charge in [-0.25, -0.2) is 0 Å². The van der Waals surface area contributed by atoms with Crippen LogP contribution < -0.4 is 37.9 Å². The highest BCUT2D eigenvalue weighted by atomic mass is 16.5. The molecule has 2 aromatic carbocycles. The van der Waals surface area contributed by atoms with Crippen LogP contribution in [0.1, 0.15) is 44.1 Å². The molecule has 12 nitrogen and oxygen atoms in total. The molecule has 0 saturated carbocycles. The van der Waals surface area contributed by atoms with Gasteiger partial charge in [0.05, 0.1) is 0 Å². The van der Waals surface area contributed by atoms with E-state index in [0.29, 0.717) is 57.4 Å². The van der Waals surface area contributed by atoms with Gasteiger partial charge in [-0.2, -0.15) is 0 Å². The summed E-state index contributed by atoms with van der Waals surface area (Å²) in [6, 6.07) is 13.5. The van der Waals surface area contributed by atoms with Gasteiger partial charge in [0.25, 0.3) is 5.91 Å². The topological polar surface area (TPSA) is 207 Å². The molecule has 10 N–H and O–H groups in total. The van der Waals surface area contributed by atoms with Gasteiger partial charge in [-0.3, -0.25) is 19.2 Å². The molecular weight excluding hydrogens is 550 g/mol. The van der Waals surface area contributed by atoms with Gasteiger partial charge in [0.1, 0.15) is 23.9 Å². The van der Waals surface area contributed by atoms with E-state index in [2.05, 4.69) is 20.9 Å². The molecule has 0 bridgehead atoms. The Labute approximate surface area is 251 Å². The lowest BCUT2D eigenvalue weighted by Gasteiger charge is -2.25. The highest BCUT2D eigenvalue weighted by molar-refractivity contribution is 5.95. The van der Waals surface area contributed by atoms with Gasteiger partial charge in [-0.1, -0.05) is 36.4 Å². The van der Waals surface area contributed by atoms with Crippen LogP contribution in [-0.2, 0) is 25.6 Å². The van der Waals surface area contributed by atoms with E-state index in [1.807, 2.05) is 30.3 Å². The molecule has 1 heterocycles. The largest absolute Gasteiger partial charge is 0.484 e. The van der Waals surface area contributed by atoms with E-state index in [1.54, 1.807) is 30.5 Å². The third-order valence-corrected chi connectivity index (χ3v) is 7.05.